The number of fused-ring (bicyclic) bond motifs is 1. The summed E-state index contributed by atoms with van der Waals surface area (Å²) in [5.74, 6) is 0.786. The lowest BCUT2D eigenvalue weighted by atomic mass is 9.83. The number of hydrogen-bond donors (Lipinski definition) is 2. The predicted molar refractivity (Wildman–Crippen MR) is 65.4 cm³/mol. The highest BCUT2D eigenvalue weighted by atomic mass is 16.1. The second-order valence-corrected chi connectivity index (χ2v) is 4.73. The molecule has 1 aromatic rings. The molecule has 1 atom stereocenters. The van der Waals surface area contributed by atoms with Gasteiger partial charge in [-0.2, -0.15) is 0 Å². The van der Waals surface area contributed by atoms with Gasteiger partial charge in [0.15, 0.2) is 0 Å². The van der Waals surface area contributed by atoms with Crippen LogP contribution in [0, 0.1) is 5.92 Å². The van der Waals surface area contributed by atoms with Crippen LogP contribution >= 0.6 is 0 Å². The van der Waals surface area contributed by atoms with Crippen molar-refractivity contribution in [2.45, 2.75) is 45.6 Å². The largest absolute Gasteiger partial charge is 0.326 e. The molecule has 0 bridgehead atoms. The Morgan fingerprint density at radius 1 is 1.56 bits per heavy atom. The molecule has 0 saturated heterocycles. The highest BCUT2D eigenvalue weighted by molar-refractivity contribution is 5.28. The number of nitrogens with one attached hydrogen (secondary N) is 1. The summed E-state index contributed by atoms with van der Waals surface area (Å²) in [5.41, 5.74) is 8.71. The van der Waals surface area contributed by atoms with Crippen LogP contribution in [-0.4, -0.2) is 4.98 Å². The summed E-state index contributed by atoms with van der Waals surface area (Å²) in [5, 5.41) is 0. The van der Waals surface area contributed by atoms with E-state index in [1.165, 1.54) is 24.8 Å². The maximum Gasteiger partial charge on any atom is 0.252 e. The molecule has 0 radical (unpaired) electrons. The minimum absolute atomic E-state index is 0.00445. The summed E-state index contributed by atoms with van der Waals surface area (Å²) in [6.07, 6.45) is 5.86. The molecule has 2 rings (SSSR count). The molecule has 1 unspecified atom stereocenters. The summed E-state index contributed by atoms with van der Waals surface area (Å²) < 4.78 is 0. The fourth-order valence-electron chi connectivity index (χ4n) is 2.63. The van der Waals surface area contributed by atoms with Gasteiger partial charge in [-0.05, 0) is 36.8 Å². The Bertz CT molecular complexity index is 422. The molecule has 3 N–H and O–H groups in total. The lowest BCUT2D eigenvalue weighted by Gasteiger charge is -2.24. The number of H-pyrrole nitrogens is 1. The Kier molecular flexibility index (Phi) is 3.44. The van der Waals surface area contributed by atoms with E-state index in [9.17, 15) is 4.79 Å². The maximum absolute atomic E-state index is 11.6. The zero-order valence-electron chi connectivity index (χ0n) is 9.88. The SMILES string of the molecule is CCCC1CCc2[nH]c(=O)c(CN)cc2C1. The summed E-state index contributed by atoms with van der Waals surface area (Å²) >= 11 is 0. The molecule has 3 nitrogen and oxygen atoms in total. The molecule has 1 heterocycles. The van der Waals surface area contributed by atoms with E-state index in [0.717, 1.165) is 30.0 Å². The van der Waals surface area contributed by atoms with Gasteiger partial charge in [0.1, 0.15) is 0 Å². The number of hydrogen-bond acceptors (Lipinski definition) is 2. The summed E-state index contributed by atoms with van der Waals surface area (Å²) in [4.78, 5) is 14.6. The van der Waals surface area contributed by atoms with E-state index in [4.69, 9.17) is 5.73 Å². The Morgan fingerprint density at radius 2 is 2.38 bits per heavy atom. The number of aromatic amines is 1. The molecular formula is C13H20N2O. The number of rotatable bonds is 3. The number of pyridine rings is 1. The van der Waals surface area contributed by atoms with E-state index in [2.05, 4.69) is 11.9 Å². The van der Waals surface area contributed by atoms with E-state index < -0.39 is 0 Å². The minimum Gasteiger partial charge on any atom is -0.326 e. The maximum atomic E-state index is 11.6. The van der Waals surface area contributed by atoms with Crippen LogP contribution in [0.4, 0.5) is 0 Å². The third-order valence-electron chi connectivity index (χ3n) is 3.52. The van der Waals surface area contributed by atoms with Gasteiger partial charge in [0.05, 0.1) is 0 Å². The van der Waals surface area contributed by atoms with Gasteiger partial charge in [0.2, 0.25) is 0 Å². The molecule has 0 spiro atoms. The van der Waals surface area contributed by atoms with Gasteiger partial charge in [-0.3, -0.25) is 4.79 Å². The normalized spacial score (nSPS) is 19.5. The van der Waals surface area contributed by atoms with Crippen LogP contribution in [0.3, 0.4) is 0 Å². The van der Waals surface area contributed by atoms with Crippen LogP contribution < -0.4 is 11.3 Å². The van der Waals surface area contributed by atoms with E-state index in [0.29, 0.717) is 6.54 Å². The van der Waals surface area contributed by atoms with Crippen molar-refractivity contribution in [3.05, 3.63) is 33.2 Å². The summed E-state index contributed by atoms with van der Waals surface area (Å²) in [6, 6.07) is 2.01. The third-order valence-corrected chi connectivity index (χ3v) is 3.52. The average molecular weight is 220 g/mol. The van der Waals surface area contributed by atoms with Gasteiger partial charge in [-0.1, -0.05) is 19.8 Å². The highest BCUT2D eigenvalue weighted by Crippen LogP contribution is 2.26. The first-order chi connectivity index (χ1) is 7.74. The zero-order chi connectivity index (χ0) is 11.5. The van der Waals surface area contributed by atoms with Crippen molar-refractivity contribution in [2.75, 3.05) is 0 Å². The zero-order valence-corrected chi connectivity index (χ0v) is 9.88. The standard InChI is InChI=1S/C13H20N2O/c1-2-3-9-4-5-12-10(6-9)7-11(8-14)13(16)15-12/h7,9H,2-6,8,14H2,1H3,(H,15,16). The van der Waals surface area contributed by atoms with Gasteiger partial charge in [-0.15, -0.1) is 0 Å². The Balaban J connectivity index is 2.27. The topological polar surface area (TPSA) is 58.9 Å². The van der Waals surface area contributed by atoms with Gasteiger partial charge in [0, 0.05) is 17.8 Å². The van der Waals surface area contributed by atoms with Crippen LogP contribution in [0.15, 0.2) is 10.9 Å². The molecule has 1 aliphatic carbocycles. The molecule has 16 heavy (non-hydrogen) atoms. The molecule has 1 aromatic heterocycles. The van der Waals surface area contributed by atoms with E-state index in [-0.39, 0.29) is 5.56 Å². The molecule has 88 valence electrons. The Labute approximate surface area is 96.1 Å². The van der Waals surface area contributed by atoms with Crippen molar-refractivity contribution in [3.63, 3.8) is 0 Å². The van der Waals surface area contributed by atoms with Crippen LogP contribution in [0.1, 0.15) is 43.0 Å². The fraction of sp³-hybridized carbons (Fsp3) is 0.615. The van der Waals surface area contributed by atoms with Crippen molar-refractivity contribution in [2.24, 2.45) is 11.7 Å². The third kappa shape index (κ3) is 2.19. The first-order valence-electron chi connectivity index (χ1n) is 6.18. The predicted octanol–water partition coefficient (Wildman–Crippen LogP) is 1.74. The number of nitrogens with two attached hydrogens (primary N) is 1. The van der Waals surface area contributed by atoms with Crippen molar-refractivity contribution in [1.82, 2.24) is 4.98 Å². The molecule has 1 aliphatic rings. The van der Waals surface area contributed by atoms with E-state index in [1.54, 1.807) is 0 Å². The van der Waals surface area contributed by atoms with Crippen LogP contribution in [0.25, 0.3) is 0 Å². The van der Waals surface area contributed by atoms with E-state index >= 15 is 0 Å². The molecule has 0 saturated carbocycles. The Morgan fingerprint density at radius 3 is 3.06 bits per heavy atom. The van der Waals surface area contributed by atoms with Crippen LogP contribution in [0.2, 0.25) is 0 Å². The Hall–Kier alpha value is -1.09. The second kappa shape index (κ2) is 4.83. The second-order valence-electron chi connectivity index (χ2n) is 4.73. The monoisotopic (exact) mass is 220 g/mol. The average Bonchev–Trinajstić information content (AvgIpc) is 2.29. The summed E-state index contributed by atoms with van der Waals surface area (Å²) in [6.45, 7) is 2.56. The molecule has 3 heteroatoms. The fourth-order valence-corrected chi connectivity index (χ4v) is 2.63. The minimum atomic E-state index is -0.00445. The summed E-state index contributed by atoms with van der Waals surface area (Å²) in [7, 11) is 0. The molecule has 0 amide bonds. The molecule has 0 aliphatic heterocycles. The van der Waals surface area contributed by atoms with Crippen LogP contribution in [0.5, 0.6) is 0 Å². The van der Waals surface area contributed by atoms with Crippen molar-refractivity contribution >= 4 is 0 Å². The first kappa shape index (κ1) is 11.4. The quantitative estimate of drug-likeness (QED) is 0.815. The van der Waals surface area contributed by atoms with E-state index in [1.807, 2.05) is 6.07 Å². The number of aryl methyl sites for hydroxylation is 1. The highest BCUT2D eigenvalue weighted by Gasteiger charge is 2.19. The lowest BCUT2D eigenvalue weighted by Crippen LogP contribution is -2.23. The lowest BCUT2D eigenvalue weighted by molar-refractivity contribution is 0.417. The van der Waals surface area contributed by atoms with Crippen LogP contribution in [-0.2, 0) is 19.4 Å². The van der Waals surface area contributed by atoms with Gasteiger partial charge < -0.3 is 10.7 Å². The number of aromatic nitrogens is 1. The first-order valence-corrected chi connectivity index (χ1v) is 6.18. The smallest absolute Gasteiger partial charge is 0.252 e. The van der Waals surface area contributed by atoms with Crippen molar-refractivity contribution in [3.8, 4) is 0 Å². The molecular weight excluding hydrogens is 200 g/mol. The van der Waals surface area contributed by atoms with Crippen molar-refractivity contribution < 1.29 is 0 Å². The molecule has 0 fully saturated rings. The van der Waals surface area contributed by atoms with Gasteiger partial charge in [-0.25, -0.2) is 0 Å². The molecule has 0 aromatic carbocycles. The van der Waals surface area contributed by atoms with Gasteiger partial charge in [0.25, 0.3) is 5.56 Å². The van der Waals surface area contributed by atoms with Gasteiger partial charge >= 0.3 is 0 Å². The van der Waals surface area contributed by atoms with Crippen molar-refractivity contribution in [1.29, 1.82) is 0 Å².